The number of carbonyl (C=O) groups excluding carboxylic acids is 1. The van der Waals surface area contributed by atoms with Gasteiger partial charge in [0.15, 0.2) is 5.54 Å². The van der Waals surface area contributed by atoms with Crippen molar-refractivity contribution in [3.05, 3.63) is 34.9 Å². The predicted molar refractivity (Wildman–Crippen MR) is 92.0 cm³/mol. The third kappa shape index (κ3) is 5.46. The molecule has 1 aromatic carbocycles. The summed E-state index contributed by atoms with van der Waals surface area (Å²) < 4.78 is 82.4. The van der Waals surface area contributed by atoms with Gasteiger partial charge >= 0.3 is 18.3 Å². The standard InChI is InChI=1S/C17H18BrF6NO2/c1-4-10(2)15(9-18,14(26)27-3)25-8-11-5-12(16(19,20)21)7-13(6-11)17(22,23)24/h5-8,10H,4,9H2,1-3H3/b25-8+/t10-,15?/m0/s1. The van der Waals surface area contributed by atoms with Crippen LogP contribution in [0.3, 0.4) is 0 Å². The van der Waals surface area contributed by atoms with E-state index in [1.54, 1.807) is 13.8 Å². The highest BCUT2D eigenvalue weighted by Crippen LogP contribution is 2.36. The topological polar surface area (TPSA) is 38.7 Å². The maximum atomic E-state index is 12.9. The molecular weight excluding hydrogens is 444 g/mol. The fourth-order valence-electron chi connectivity index (χ4n) is 2.36. The number of benzene rings is 1. The molecule has 0 radical (unpaired) electrons. The molecule has 0 saturated heterocycles. The van der Waals surface area contributed by atoms with E-state index in [9.17, 15) is 31.1 Å². The first kappa shape index (κ1) is 23.5. The first-order valence-corrected chi connectivity index (χ1v) is 8.93. The normalized spacial score (nSPS) is 16.2. The molecule has 152 valence electrons. The molecule has 0 amide bonds. The number of methoxy groups -OCH3 is 1. The quantitative estimate of drug-likeness (QED) is 0.243. The minimum atomic E-state index is -4.96. The van der Waals surface area contributed by atoms with E-state index in [1.165, 1.54) is 0 Å². The summed E-state index contributed by atoms with van der Waals surface area (Å²) in [6.45, 7) is 3.45. The van der Waals surface area contributed by atoms with Crippen LogP contribution in [0.1, 0.15) is 37.0 Å². The van der Waals surface area contributed by atoms with Gasteiger partial charge in [0.1, 0.15) is 0 Å². The van der Waals surface area contributed by atoms with Gasteiger partial charge in [0.25, 0.3) is 0 Å². The second kappa shape index (κ2) is 8.62. The van der Waals surface area contributed by atoms with Crippen molar-refractivity contribution in [2.45, 2.75) is 38.2 Å². The molecule has 0 aromatic heterocycles. The number of hydrogen-bond donors (Lipinski definition) is 0. The van der Waals surface area contributed by atoms with Gasteiger partial charge < -0.3 is 4.74 Å². The van der Waals surface area contributed by atoms with Gasteiger partial charge in [0.2, 0.25) is 0 Å². The minimum absolute atomic E-state index is 0.0106. The lowest BCUT2D eigenvalue weighted by Crippen LogP contribution is -2.45. The van der Waals surface area contributed by atoms with Crippen LogP contribution < -0.4 is 0 Å². The van der Waals surface area contributed by atoms with E-state index in [1.807, 2.05) is 0 Å². The molecule has 0 fully saturated rings. The van der Waals surface area contributed by atoms with Gasteiger partial charge in [-0.2, -0.15) is 26.3 Å². The van der Waals surface area contributed by atoms with Crippen molar-refractivity contribution in [1.82, 2.24) is 0 Å². The molecule has 0 aliphatic heterocycles. The van der Waals surface area contributed by atoms with Gasteiger partial charge in [-0.1, -0.05) is 36.2 Å². The zero-order valence-electron chi connectivity index (χ0n) is 14.7. The van der Waals surface area contributed by atoms with E-state index in [2.05, 4.69) is 20.9 Å². The molecule has 0 aliphatic rings. The highest BCUT2D eigenvalue weighted by atomic mass is 79.9. The number of rotatable bonds is 6. The van der Waals surface area contributed by atoms with Crippen molar-refractivity contribution < 1.29 is 35.9 Å². The Morgan fingerprint density at radius 3 is 1.96 bits per heavy atom. The summed E-state index contributed by atoms with van der Waals surface area (Å²) in [5.41, 5.74) is -4.81. The Bertz CT molecular complexity index is 669. The Hall–Kier alpha value is -1.58. The molecule has 10 heteroatoms. The van der Waals surface area contributed by atoms with E-state index in [-0.39, 0.29) is 17.3 Å². The molecular formula is C17H18BrF6NO2. The van der Waals surface area contributed by atoms with Crippen LogP contribution >= 0.6 is 15.9 Å². The Kier molecular flexibility index (Phi) is 7.49. The second-order valence-electron chi connectivity index (χ2n) is 5.96. The molecule has 0 bridgehead atoms. The second-order valence-corrected chi connectivity index (χ2v) is 6.52. The Morgan fingerprint density at radius 2 is 1.63 bits per heavy atom. The summed E-state index contributed by atoms with van der Waals surface area (Å²) in [5, 5.41) is -0.0106. The van der Waals surface area contributed by atoms with E-state index < -0.39 is 40.6 Å². The highest BCUT2D eigenvalue weighted by Gasteiger charge is 2.43. The average Bonchev–Trinajstić information content (AvgIpc) is 2.60. The number of carbonyl (C=O) groups is 1. The number of esters is 1. The van der Waals surface area contributed by atoms with Crippen molar-refractivity contribution >= 4 is 28.1 Å². The molecule has 0 N–H and O–H groups in total. The summed E-state index contributed by atoms with van der Waals surface area (Å²) in [6.07, 6.45) is -8.60. The monoisotopic (exact) mass is 461 g/mol. The van der Waals surface area contributed by atoms with Crippen molar-refractivity contribution in [1.29, 1.82) is 0 Å². The molecule has 27 heavy (non-hydrogen) atoms. The molecule has 0 aliphatic carbocycles. The van der Waals surface area contributed by atoms with Crippen molar-refractivity contribution in [3.63, 3.8) is 0 Å². The number of hydrogen-bond acceptors (Lipinski definition) is 3. The largest absolute Gasteiger partial charge is 0.467 e. The molecule has 1 unspecified atom stereocenters. The van der Waals surface area contributed by atoms with E-state index in [4.69, 9.17) is 4.74 Å². The van der Waals surface area contributed by atoms with Crippen LogP contribution in [0.4, 0.5) is 26.3 Å². The van der Waals surface area contributed by atoms with Crippen LogP contribution in [0, 0.1) is 5.92 Å². The molecule has 2 atom stereocenters. The summed E-state index contributed by atoms with van der Waals surface area (Å²) in [7, 11) is 1.13. The molecule has 1 aromatic rings. The number of halogens is 7. The van der Waals surface area contributed by atoms with Crippen LogP contribution in [0.15, 0.2) is 23.2 Å². The third-order valence-electron chi connectivity index (χ3n) is 4.22. The van der Waals surface area contributed by atoms with Gasteiger partial charge in [-0.25, -0.2) is 4.79 Å². The molecule has 0 heterocycles. The molecule has 0 spiro atoms. The van der Waals surface area contributed by atoms with Gasteiger partial charge in [-0.15, -0.1) is 0 Å². The third-order valence-corrected chi connectivity index (χ3v) is 5.08. The van der Waals surface area contributed by atoms with Crippen LogP contribution in [-0.2, 0) is 21.9 Å². The summed E-state index contributed by atoms with van der Waals surface area (Å²) in [4.78, 5) is 16.3. The zero-order chi connectivity index (χ0) is 21.0. The number of aliphatic imine (C=N–C) groups is 1. The fourth-order valence-corrected chi connectivity index (χ4v) is 3.29. The number of alkyl halides is 7. The van der Waals surface area contributed by atoms with Gasteiger partial charge in [0, 0.05) is 11.5 Å². The SMILES string of the molecule is CC[C@H](C)C(CBr)(/N=C/c1cc(C(F)(F)F)cc(C(F)(F)F)c1)C(=O)OC. The van der Waals surface area contributed by atoms with Crippen LogP contribution in [-0.4, -0.2) is 30.2 Å². The predicted octanol–water partition coefficient (Wildman–Crippen LogP) is 5.50. The first-order chi connectivity index (χ1) is 12.3. The van der Waals surface area contributed by atoms with Crippen molar-refractivity contribution in [3.8, 4) is 0 Å². The highest BCUT2D eigenvalue weighted by molar-refractivity contribution is 9.09. The van der Waals surface area contributed by atoms with Crippen molar-refractivity contribution in [2.75, 3.05) is 12.4 Å². The lowest BCUT2D eigenvalue weighted by Gasteiger charge is -2.30. The maximum absolute atomic E-state index is 12.9. The lowest BCUT2D eigenvalue weighted by atomic mass is 9.85. The Balaban J connectivity index is 3.53. The zero-order valence-corrected chi connectivity index (χ0v) is 16.3. The fraction of sp³-hybridized carbons (Fsp3) is 0.529. The van der Waals surface area contributed by atoms with Gasteiger partial charge in [-0.3, -0.25) is 4.99 Å². The van der Waals surface area contributed by atoms with E-state index >= 15 is 0 Å². The van der Waals surface area contributed by atoms with Crippen molar-refractivity contribution in [2.24, 2.45) is 10.9 Å². The number of ether oxygens (including phenoxy) is 1. The average molecular weight is 462 g/mol. The smallest absolute Gasteiger partial charge is 0.416 e. The number of nitrogens with zero attached hydrogens (tertiary/aromatic N) is 1. The van der Waals surface area contributed by atoms with E-state index in [0.717, 1.165) is 13.3 Å². The summed E-state index contributed by atoms with van der Waals surface area (Å²) >= 11 is 3.15. The minimum Gasteiger partial charge on any atom is -0.467 e. The first-order valence-electron chi connectivity index (χ1n) is 7.81. The molecule has 0 saturated carbocycles. The lowest BCUT2D eigenvalue weighted by molar-refractivity contribution is -0.148. The van der Waals surface area contributed by atoms with Crippen LogP contribution in [0.25, 0.3) is 0 Å². The molecule has 3 nitrogen and oxygen atoms in total. The summed E-state index contributed by atoms with van der Waals surface area (Å²) in [6, 6.07) is 1.13. The Morgan fingerprint density at radius 1 is 1.15 bits per heavy atom. The molecule has 1 rings (SSSR count). The van der Waals surface area contributed by atoms with Crippen LogP contribution in [0.2, 0.25) is 0 Å². The Labute approximate surface area is 160 Å². The van der Waals surface area contributed by atoms with Gasteiger partial charge in [0.05, 0.1) is 18.2 Å². The van der Waals surface area contributed by atoms with Crippen LogP contribution in [0.5, 0.6) is 0 Å². The maximum Gasteiger partial charge on any atom is 0.416 e. The van der Waals surface area contributed by atoms with Gasteiger partial charge in [-0.05, 0) is 29.7 Å². The van der Waals surface area contributed by atoms with E-state index in [0.29, 0.717) is 18.6 Å². The summed E-state index contributed by atoms with van der Waals surface area (Å²) in [5.74, 6) is -1.12.